The molecule has 0 bridgehead atoms. The average molecular weight is 502 g/mol. The molecule has 0 radical (unpaired) electrons. The van der Waals surface area contributed by atoms with Crippen molar-refractivity contribution in [3.63, 3.8) is 0 Å². The monoisotopic (exact) mass is 501 g/mol. The van der Waals surface area contributed by atoms with Gasteiger partial charge in [-0.15, -0.1) is 10.2 Å². The summed E-state index contributed by atoms with van der Waals surface area (Å²) >= 11 is 0. The number of rotatable bonds is 7. The summed E-state index contributed by atoms with van der Waals surface area (Å²) in [6.45, 7) is 3.96. The molecule has 5 aromatic carbocycles. The van der Waals surface area contributed by atoms with E-state index >= 15 is 0 Å². The molecule has 0 spiro atoms. The minimum atomic E-state index is 0.0664. The van der Waals surface area contributed by atoms with Crippen LogP contribution < -0.4 is 10.1 Å². The normalized spacial score (nSPS) is 11.4. The van der Waals surface area contributed by atoms with Crippen molar-refractivity contribution in [2.75, 3.05) is 12.4 Å². The molecule has 0 atom stereocenters. The van der Waals surface area contributed by atoms with Gasteiger partial charge in [0, 0.05) is 22.8 Å². The van der Waals surface area contributed by atoms with Crippen LogP contribution in [-0.4, -0.2) is 12.2 Å². The molecule has 0 aromatic heterocycles. The van der Waals surface area contributed by atoms with Crippen molar-refractivity contribution in [1.82, 2.24) is 0 Å². The summed E-state index contributed by atoms with van der Waals surface area (Å²) in [7, 11) is 1.57. The van der Waals surface area contributed by atoms with Crippen LogP contribution in [0.2, 0.25) is 0 Å². The number of anilines is 2. The van der Waals surface area contributed by atoms with Gasteiger partial charge in [-0.3, -0.25) is 0 Å². The van der Waals surface area contributed by atoms with E-state index in [1.165, 1.54) is 5.56 Å². The van der Waals surface area contributed by atoms with Crippen LogP contribution in [0.3, 0.4) is 0 Å². The van der Waals surface area contributed by atoms with E-state index < -0.39 is 0 Å². The first kappa shape index (κ1) is 24.6. The van der Waals surface area contributed by atoms with E-state index in [4.69, 9.17) is 4.74 Å². The quantitative estimate of drug-likeness (QED) is 0.217. The van der Waals surface area contributed by atoms with Crippen LogP contribution in [0.5, 0.6) is 11.5 Å². The summed E-state index contributed by atoms with van der Waals surface area (Å²) < 4.78 is 5.53. The molecule has 0 aliphatic rings. The van der Waals surface area contributed by atoms with Gasteiger partial charge in [-0.2, -0.15) is 10.2 Å². The third-order valence-electron chi connectivity index (χ3n) is 6.10. The molecule has 5 rings (SSSR count). The molecule has 2 N–H and O–H groups in total. The maximum absolute atomic E-state index is 10.9. The molecule has 0 heterocycles. The Labute approximate surface area is 221 Å². The lowest BCUT2D eigenvalue weighted by Gasteiger charge is -2.10. The lowest BCUT2D eigenvalue weighted by Crippen LogP contribution is -1.89. The van der Waals surface area contributed by atoms with Crippen LogP contribution in [0.1, 0.15) is 11.1 Å². The van der Waals surface area contributed by atoms with Crippen LogP contribution in [0.15, 0.2) is 118 Å². The molecule has 0 amide bonds. The molecule has 7 heteroatoms. The molecule has 0 aliphatic heterocycles. The molecule has 7 nitrogen and oxygen atoms in total. The fourth-order valence-corrected chi connectivity index (χ4v) is 3.99. The van der Waals surface area contributed by atoms with Gasteiger partial charge >= 0.3 is 0 Å². The van der Waals surface area contributed by atoms with Crippen LogP contribution in [-0.2, 0) is 0 Å². The van der Waals surface area contributed by atoms with Gasteiger partial charge in [0.05, 0.1) is 18.5 Å². The maximum Gasteiger partial charge on any atom is 0.150 e. The Morgan fingerprint density at radius 1 is 0.658 bits per heavy atom. The number of benzene rings is 5. The highest BCUT2D eigenvalue weighted by Crippen LogP contribution is 2.40. The number of aromatic hydroxyl groups is 1. The Morgan fingerprint density at radius 2 is 1.39 bits per heavy atom. The van der Waals surface area contributed by atoms with E-state index in [1.54, 1.807) is 19.2 Å². The van der Waals surface area contributed by atoms with Crippen molar-refractivity contribution in [2.45, 2.75) is 13.8 Å². The number of hydrogen-bond donors (Lipinski definition) is 2. The number of nitrogens with zero attached hydrogens (tertiary/aromatic N) is 4. The number of phenols is 1. The lowest BCUT2D eigenvalue weighted by molar-refractivity contribution is 0.416. The van der Waals surface area contributed by atoms with Crippen LogP contribution in [0.4, 0.5) is 34.1 Å². The van der Waals surface area contributed by atoms with Crippen molar-refractivity contribution in [2.24, 2.45) is 20.5 Å². The van der Waals surface area contributed by atoms with Gasteiger partial charge in [-0.1, -0.05) is 42.0 Å². The molecule has 0 saturated carbocycles. The van der Waals surface area contributed by atoms with Crippen molar-refractivity contribution in [3.05, 3.63) is 108 Å². The number of azo groups is 2. The zero-order valence-electron chi connectivity index (χ0n) is 21.4. The van der Waals surface area contributed by atoms with Crippen molar-refractivity contribution in [3.8, 4) is 11.5 Å². The molecule has 0 saturated heterocycles. The van der Waals surface area contributed by atoms with Gasteiger partial charge in [-0.05, 0) is 79.4 Å². The second kappa shape index (κ2) is 10.9. The lowest BCUT2D eigenvalue weighted by atomic mass is 10.1. The number of methoxy groups -OCH3 is 1. The minimum Gasteiger partial charge on any atom is -0.505 e. The van der Waals surface area contributed by atoms with Crippen molar-refractivity contribution in [1.29, 1.82) is 0 Å². The number of aryl methyl sites for hydroxylation is 2. The number of fused-ring (bicyclic) bond motifs is 1. The Morgan fingerprint density at radius 3 is 2.16 bits per heavy atom. The first-order valence-corrected chi connectivity index (χ1v) is 12.2. The smallest absolute Gasteiger partial charge is 0.150 e. The topological polar surface area (TPSA) is 90.9 Å². The molecular formula is C31H27N5O2. The Hall–Kier alpha value is -5.04. The van der Waals surface area contributed by atoms with E-state index in [2.05, 4.69) is 25.8 Å². The average Bonchev–Trinajstić information content (AvgIpc) is 2.93. The highest BCUT2D eigenvalue weighted by atomic mass is 16.5. The predicted octanol–water partition coefficient (Wildman–Crippen LogP) is 9.75. The van der Waals surface area contributed by atoms with E-state index in [0.717, 1.165) is 28.0 Å². The standard InChI is InChI=1S/C31H27N5O2/c1-20-9-12-24(13-10-20)33-35-28-19-30(38-3)29(17-21(28)2)36-34-27-16-11-22-18-25(14-15-26(22)31(27)37)32-23-7-5-4-6-8-23/h4-19,32,37H,1-3H3. The summed E-state index contributed by atoms with van der Waals surface area (Å²) in [5.74, 6) is 0.575. The zero-order chi connectivity index (χ0) is 26.5. The van der Waals surface area contributed by atoms with Gasteiger partial charge in [-0.25, -0.2) is 0 Å². The fraction of sp³-hybridized carbons (Fsp3) is 0.0968. The van der Waals surface area contributed by atoms with E-state index in [-0.39, 0.29) is 5.75 Å². The van der Waals surface area contributed by atoms with Crippen molar-refractivity contribution >= 4 is 44.9 Å². The summed E-state index contributed by atoms with van der Waals surface area (Å²) in [5.41, 5.74) is 6.30. The minimum absolute atomic E-state index is 0.0664. The Balaban J connectivity index is 1.39. The van der Waals surface area contributed by atoms with Crippen LogP contribution in [0, 0.1) is 13.8 Å². The summed E-state index contributed by atoms with van der Waals surface area (Å²) in [6, 6.07) is 30.8. The summed E-state index contributed by atoms with van der Waals surface area (Å²) in [4.78, 5) is 0. The van der Waals surface area contributed by atoms with Crippen molar-refractivity contribution < 1.29 is 9.84 Å². The summed E-state index contributed by atoms with van der Waals surface area (Å²) in [5, 5.41) is 33.2. The Kier molecular flexibility index (Phi) is 7.08. The predicted molar refractivity (Wildman–Crippen MR) is 153 cm³/mol. The first-order chi connectivity index (χ1) is 18.5. The van der Waals surface area contributed by atoms with E-state index in [1.807, 2.05) is 98.8 Å². The molecule has 0 unspecified atom stereocenters. The molecule has 38 heavy (non-hydrogen) atoms. The second-order valence-corrected chi connectivity index (χ2v) is 8.91. The number of hydrogen-bond acceptors (Lipinski definition) is 7. The third kappa shape index (κ3) is 5.52. The van der Waals surface area contributed by atoms with Gasteiger partial charge in [0.1, 0.15) is 17.1 Å². The number of para-hydroxylation sites is 1. The first-order valence-electron chi connectivity index (χ1n) is 12.2. The van der Waals surface area contributed by atoms with Gasteiger partial charge in [0.2, 0.25) is 0 Å². The van der Waals surface area contributed by atoms with Gasteiger partial charge in [0.25, 0.3) is 0 Å². The van der Waals surface area contributed by atoms with Gasteiger partial charge in [0.15, 0.2) is 5.75 Å². The molecular weight excluding hydrogens is 474 g/mol. The van der Waals surface area contributed by atoms with Crippen LogP contribution >= 0.6 is 0 Å². The maximum atomic E-state index is 10.9. The number of nitrogens with one attached hydrogen (secondary N) is 1. The fourth-order valence-electron chi connectivity index (χ4n) is 3.99. The van der Waals surface area contributed by atoms with Gasteiger partial charge < -0.3 is 15.2 Å². The summed E-state index contributed by atoms with van der Waals surface area (Å²) in [6.07, 6.45) is 0. The number of phenolic OH excluding ortho intramolecular Hbond substituents is 1. The van der Waals surface area contributed by atoms with E-state index in [0.29, 0.717) is 28.2 Å². The highest BCUT2D eigenvalue weighted by molar-refractivity contribution is 5.94. The third-order valence-corrected chi connectivity index (χ3v) is 6.10. The second-order valence-electron chi connectivity index (χ2n) is 8.91. The molecule has 5 aromatic rings. The largest absolute Gasteiger partial charge is 0.505 e. The molecule has 0 aliphatic carbocycles. The van der Waals surface area contributed by atoms with E-state index in [9.17, 15) is 5.11 Å². The Bertz CT molecular complexity index is 1650. The van der Waals surface area contributed by atoms with Crippen LogP contribution in [0.25, 0.3) is 10.8 Å². The number of ether oxygens (including phenoxy) is 1. The zero-order valence-corrected chi connectivity index (χ0v) is 21.4. The molecule has 0 fully saturated rings. The SMILES string of the molecule is COc1cc(N=Nc2ccc(C)cc2)c(C)cc1N=Nc1ccc2cc(Nc3ccccc3)ccc2c1O. The highest BCUT2D eigenvalue weighted by Gasteiger charge is 2.10. The molecule has 188 valence electrons.